The lowest BCUT2D eigenvalue weighted by atomic mass is 10.0. The molecule has 3 amide bonds. The van der Waals surface area contributed by atoms with Gasteiger partial charge in [-0.3, -0.25) is 14.4 Å². The second-order valence-electron chi connectivity index (χ2n) is 8.04. The number of nitrogens with one attached hydrogen (secondary N) is 4. The zero-order chi connectivity index (χ0) is 24.3. The maximum Gasteiger partial charge on any atom is 0.326 e. The summed E-state index contributed by atoms with van der Waals surface area (Å²) in [6.07, 6.45) is 4.50. The Morgan fingerprint density at radius 2 is 1.66 bits per heavy atom. The van der Waals surface area contributed by atoms with Gasteiger partial charge in [0.05, 0.1) is 12.4 Å². The van der Waals surface area contributed by atoms with E-state index in [2.05, 4.69) is 25.9 Å². The van der Waals surface area contributed by atoms with Gasteiger partial charge in [-0.1, -0.05) is 13.8 Å². The number of carboxylic acid groups (broad SMARTS) is 1. The minimum atomic E-state index is -1.17. The fourth-order valence-corrected chi connectivity index (χ4v) is 2.93. The average molecular weight is 454 g/mol. The highest BCUT2D eigenvalue weighted by Gasteiger charge is 2.31. The number of hydrogen-bond donors (Lipinski definition) is 7. The molecule has 180 valence electrons. The predicted molar refractivity (Wildman–Crippen MR) is 117 cm³/mol. The molecule has 0 bridgehead atoms. The van der Waals surface area contributed by atoms with Crippen LogP contribution in [0.1, 0.15) is 45.7 Å². The van der Waals surface area contributed by atoms with Crippen molar-refractivity contribution in [2.75, 3.05) is 6.54 Å². The fraction of sp³-hybridized carbons (Fsp3) is 0.650. The Labute approximate surface area is 187 Å². The molecule has 0 spiro atoms. The van der Waals surface area contributed by atoms with E-state index in [4.69, 9.17) is 11.5 Å². The third kappa shape index (κ3) is 9.02. The van der Waals surface area contributed by atoms with Crippen molar-refractivity contribution < 1.29 is 24.3 Å². The van der Waals surface area contributed by atoms with Gasteiger partial charge in [-0.25, -0.2) is 9.78 Å². The SMILES string of the molecule is CC(N)C(=O)NC(Cc1cnc[nH]1)C(=O)NC(CCCCN)C(=O)NC(C(=O)O)C(C)C. The molecule has 0 saturated heterocycles. The fourth-order valence-electron chi connectivity index (χ4n) is 2.93. The number of imidazole rings is 1. The van der Waals surface area contributed by atoms with Crippen LogP contribution in [0.25, 0.3) is 0 Å². The van der Waals surface area contributed by atoms with E-state index >= 15 is 0 Å². The molecule has 1 heterocycles. The summed E-state index contributed by atoms with van der Waals surface area (Å²) in [6.45, 7) is 5.25. The molecular weight excluding hydrogens is 418 g/mol. The molecular formula is C20H35N7O5. The van der Waals surface area contributed by atoms with E-state index in [0.29, 0.717) is 25.1 Å². The van der Waals surface area contributed by atoms with Gasteiger partial charge in [-0.2, -0.15) is 0 Å². The summed E-state index contributed by atoms with van der Waals surface area (Å²) in [5.41, 5.74) is 11.7. The van der Waals surface area contributed by atoms with Gasteiger partial charge in [0.25, 0.3) is 0 Å². The molecule has 0 fully saturated rings. The summed E-state index contributed by atoms with van der Waals surface area (Å²) < 4.78 is 0. The first-order valence-electron chi connectivity index (χ1n) is 10.6. The lowest BCUT2D eigenvalue weighted by molar-refractivity contribution is -0.143. The van der Waals surface area contributed by atoms with Crippen molar-refractivity contribution in [1.82, 2.24) is 25.9 Å². The van der Waals surface area contributed by atoms with Gasteiger partial charge in [0, 0.05) is 18.3 Å². The number of amides is 3. The number of aliphatic carboxylic acids is 1. The number of unbranched alkanes of at least 4 members (excludes halogenated alkanes) is 1. The summed E-state index contributed by atoms with van der Waals surface area (Å²) in [6, 6.07) is -3.95. The van der Waals surface area contributed by atoms with Crippen LogP contribution in [0.5, 0.6) is 0 Å². The largest absolute Gasteiger partial charge is 0.480 e. The first-order chi connectivity index (χ1) is 15.1. The van der Waals surface area contributed by atoms with Crippen molar-refractivity contribution >= 4 is 23.7 Å². The zero-order valence-corrected chi connectivity index (χ0v) is 18.8. The zero-order valence-electron chi connectivity index (χ0n) is 18.8. The molecule has 12 nitrogen and oxygen atoms in total. The maximum absolute atomic E-state index is 13.0. The predicted octanol–water partition coefficient (Wildman–Crippen LogP) is -1.38. The van der Waals surface area contributed by atoms with Crippen molar-refractivity contribution in [2.45, 2.75) is 70.6 Å². The molecule has 32 heavy (non-hydrogen) atoms. The van der Waals surface area contributed by atoms with E-state index < -0.39 is 47.9 Å². The molecule has 0 radical (unpaired) electrons. The second-order valence-corrected chi connectivity index (χ2v) is 8.04. The molecule has 0 aliphatic carbocycles. The van der Waals surface area contributed by atoms with Crippen molar-refractivity contribution in [3.63, 3.8) is 0 Å². The number of nitrogens with zero attached hydrogens (tertiary/aromatic N) is 1. The van der Waals surface area contributed by atoms with Gasteiger partial charge < -0.3 is 37.5 Å². The van der Waals surface area contributed by atoms with Gasteiger partial charge in [-0.15, -0.1) is 0 Å². The number of carboxylic acids is 1. The van der Waals surface area contributed by atoms with E-state index in [1.165, 1.54) is 19.4 Å². The topological polar surface area (TPSA) is 205 Å². The van der Waals surface area contributed by atoms with Crippen LogP contribution in [0.4, 0.5) is 0 Å². The quantitative estimate of drug-likeness (QED) is 0.167. The Morgan fingerprint density at radius 1 is 1.03 bits per heavy atom. The highest BCUT2D eigenvalue weighted by Crippen LogP contribution is 2.07. The van der Waals surface area contributed by atoms with Gasteiger partial charge in [-0.05, 0) is 38.6 Å². The molecule has 0 aromatic carbocycles. The normalized spacial score (nSPS) is 14.8. The molecule has 12 heteroatoms. The Morgan fingerprint density at radius 3 is 2.16 bits per heavy atom. The van der Waals surface area contributed by atoms with E-state index in [1.54, 1.807) is 13.8 Å². The van der Waals surface area contributed by atoms with E-state index in [1.807, 2.05) is 0 Å². The summed E-state index contributed by atoms with van der Waals surface area (Å²) in [7, 11) is 0. The Hall–Kier alpha value is -2.99. The summed E-state index contributed by atoms with van der Waals surface area (Å²) in [4.78, 5) is 56.2. The van der Waals surface area contributed by atoms with Crippen LogP contribution in [0.15, 0.2) is 12.5 Å². The van der Waals surface area contributed by atoms with Crippen molar-refractivity contribution in [1.29, 1.82) is 0 Å². The average Bonchev–Trinajstić information content (AvgIpc) is 3.23. The molecule has 4 unspecified atom stereocenters. The van der Waals surface area contributed by atoms with Gasteiger partial charge in [0.1, 0.15) is 18.1 Å². The molecule has 4 atom stereocenters. The third-order valence-corrected chi connectivity index (χ3v) is 4.84. The van der Waals surface area contributed by atoms with Gasteiger partial charge >= 0.3 is 5.97 Å². The summed E-state index contributed by atoms with van der Waals surface area (Å²) in [5.74, 6) is -3.26. The molecule has 1 aromatic heterocycles. The molecule has 0 aliphatic heterocycles. The highest BCUT2D eigenvalue weighted by molar-refractivity contribution is 5.94. The first-order valence-corrected chi connectivity index (χ1v) is 10.6. The minimum Gasteiger partial charge on any atom is -0.480 e. The van der Waals surface area contributed by atoms with Crippen LogP contribution in [-0.4, -0.2) is 69.5 Å². The van der Waals surface area contributed by atoms with Crippen molar-refractivity contribution in [3.8, 4) is 0 Å². The van der Waals surface area contributed by atoms with Gasteiger partial charge in [0.2, 0.25) is 17.7 Å². The van der Waals surface area contributed by atoms with Crippen LogP contribution in [-0.2, 0) is 25.6 Å². The lowest BCUT2D eigenvalue weighted by Gasteiger charge is -2.25. The Kier molecular flexibility index (Phi) is 11.3. The minimum absolute atomic E-state index is 0.102. The van der Waals surface area contributed by atoms with Crippen molar-refractivity contribution in [3.05, 3.63) is 18.2 Å². The van der Waals surface area contributed by atoms with E-state index in [0.717, 1.165) is 0 Å². The molecule has 0 saturated carbocycles. The number of hydrogen-bond acceptors (Lipinski definition) is 7. The number of nitrogens with two attached hydrogens (primary N) is 2. The van der Waals surface area contributed by atoms with Gasteiger partial charge in [0.15, 0.2) is 0 Å². The number of aromatic nitrogens is 2. The van der Waals surface area contributed by atoms with Crippen LogP contribution in [0.3, 0.4) is 0 Å². The number of carbonyl (C=O) groups is 4. The Balaban J connectivity index is 3.00. The van der Waals surface area contributed by atoms with Crippen LogP contribution in [0.2, 0.25) is 0 Å². The van der Waals surface area contributed by atoms with E-state index in [9.17, 15) is 24.3 Å². The standard InChI is InChI=1S/C20H35N7O5/c1-11(2)16(20(31)32)27-18(29)14(6-4-5-7-21)25-19(30)15(26-17(28)12(3)22)8-13-9-23-10-24-13/h9-12,14-16H,4-8,21-22H2,1-3H3,(H,23,24)(H,25,30)(H,26,28)(H,27,29)(H,31,32). The Bertz CT molecular complexity index is 752. The highest BCUT2D eigenvalue weighted by atomic mass is 16.4. The van der Waals surface area contributed by atoms with Crippen LogP contribution >= 0.6 is 0 Å². The lowest BCUT2D eigenvalue weighted by Crippen LogP contribution is -2.57. The number of aromatic amines is 1. The third-order valence-electron chi connectivity index (χ3n) is 4.84. The van der Waals surface area contributed by atoms with Crippen molar-refractivity contribution in [2.24, 2.45) is 17.4 Å². The summed E-state index contributed by atoms with van der Waals surface area (Å²) in [5, 5.41) is 17.1. The molecule has 9 N–H and O–H groups in total. The molecule has 1 rings (SSSR count). The second kappa shape index (κ2) is 13.4. The van der Waals surface area contributed by atoms with Crippen LogP contribution in [0, 0.1) is 5.92 Å². The van der Waals surface area contributed by atoms with Crippen LogP contribution < -0.4 is 27.4 Å². The van der Waals surface area contributed by atoms with E-state index in [-0.39, 0.29) is 18.8 Å². The number of H-pyrrole nitrogens is 1. The summed E-state index contributed by atoms with van der Waals surface area (Å²) >= 11 is 0. The first kappa shape index (κ1) is 27.0. The monoisotopic (exact) mass is 453 g/mol. The molecule has 0 aliphatic rings. The number of carbonyl (C=O) groups excluding carboxylic acids is 3. The smallest absolute Gasteiger partial charge is 0.326 e. The molecule has 1 aromatic rings. The number of rotatable bonds is 14. The maximum atomic E-state index is 13.0.